The van der Waals surface area contributed by atoms with Crippen molar-refractivity contribution in [3.8, 4) is 5.75 Å². The van der Waals surface area contributed by atoms with Crippen LogP contribution in [0.1, 0.15) is 11.1 Å². The van der Waals surface area contributed by atoms with Crippen LogP contribution in [0.15, 0.2) is 42.5 Å². The fourth-order valence-electron chi connectivity index (χ4n) is 1.83. The highest BCUT2D eigenvalue weighted by Crippen LogP contribution is 2.24. The maximum atomic E-state index is 5.64. The molecule has 0 fully saturated rings. The topological polar surface area (TPSA) is 47.3 Å². The summed E-state index contributed by atoms with van der Waals surface area (Å²) in [5.74, 6) is 0.869. The van der Waals surface area contributed by atoms with Crippen LogP contribution < -0.4 is 15.8 Å². The second-order valence-corrected chi connectivity index (χ2v) is 4.21. The van der Waals surface area contributed by atoms with Gasteiger partial charge >= 0.3 is 0 Å². The van der Waals surface area contributed by atoms with Gasteiger partial charge in [0.1, 0.15) is 5.75 Å². The van der Waals surface area contributed by atoms with Crippen LogP contribution in [0.4, 0.5) is 11.4 Å². The maximum Gasteiger partial charge on any atom is 0.119 e. The van der Waals surface area contributed by atoms with E-state index in [1.807, 2.05) is 36.4 Å². The van der Waals surface area contributed by atoms with E-state index in [4.69, 9.17) is 10.5 Å². The minimum Gasteiger partial charge on any atom is -0.497 e. The van der Waals surface area contributed by atoms with Crippen LogP contribution in [-0.4, -0.2) is 7.11 Å². The Bertz CT molecular complexity index is 543. The second kappa shape index (κ2) is 7.02. The van der Waals surface area contributed by atoms with Gasteiger partial charge in [0.15, 0.2) is 0 Å². The third kappa shape index (κ3) is 3.88. The molecule has 0 aliphatic heterocycles. The van der Waals surface area contributed by atoms with Crippen LogP contribution in [0.2, 0.25) is 0 Å². The third-order valence-corrected chi connectivity index (χ3v) is 2.88. The molecule has 102 valence electrons. The lowest BCUT2D eigenvalue weighted by Crippen LogP contribution is -1.98. The highest BCUT2D eigenvalue weighted by Gasteiger charge is 2.01. The SMILES string of the molecule is COc1ccc(Nc2cccc(CN)c2)c(C)c1.Cl. The molecule has 0 radical (unpaired) electrons. The molecule has 0 saturated carbocycles. The Morgan fingerprint density at radius 1 is 1.16 bits per heavy atom. The lowest BCUT2D eigenvalue weighted by atomic mass is 10.1. The van der Waals surface area contributed by atoms with Gasteiger partial charge in [-0.3, -0.25) is 0 Å². The zero-order valence-corrected chi connectivity index (χ0v) is 12.0. The first kappa shape index (κ1) is 15.3. The first-order valence-corrected chi connectivity index (χ1v) is 5.93. The van der Waals surface area contributed by atoms with Crippen molar-refractivity contribution in [1.29, 1.82) is 0 Å². The Kier molecular flexibility index (Phi) is 5.67. The number of halogens is 1. The van der Waals surface area contributed by atoms with E-state index >= 15 is 0 Å². The Balaban J connectivity index is 0.00000180. The van der Waals surface area contributed by atoms with Gasteiger partial charge in [0.25, 0.3) is 0 Å². The third-order valence-electron chi connectivity index (χ3n) is 2.88. The molecule has 2 aromatic carbocycles. The molecule has 0 aliphatic rings. The number of rotatable bonds is 4. The van der Waals surface area contributed by atoms with E-state index in [0.717, 1.165) is 28.3 Å². The number of benzene rings is 2. The Hall–Kier alpha value is -1.71. The molecule has 0 atom stereocenters. The smallest absolute Gasteiger partial charge is 0.119 e. The second-order valence-electron chi connectivity index (χ2n) is 4.21. The van der Waals surface area contributed by atoms with Crippen LogP contribution >= 0.6 is 12.4 Å². The quantitative estimate of drug-likeness (QED) is 0.898. The lowest BCUT2D eigenvalue weighted by Gasteiger charge is -2.11. The molecule has 19 heavy (non-hydrogen) atoms. The molecule has 0 aliphatic carbocycles. The van der Waals surface area contributed by atoms with Gasteiger partial charge in [0.05, 0.1) is 7.11 Å². The van der Waals surface area contributed by atoms with E-state index < -0.39 is 0 Å². The summed E-state index contributed by atoms with van der Waals surface area (Å²) in [5.41, 5.74) is 10.0. The van der Waals surface area contributed by atoms with Crippen molar-refractivity contribution in [2.45, 2.75) is 13.5 Å². The van der Waals surface area contributed by atoms with E-state index in [9.17, 15) is 0 Å². The van der Waals surface area contributed by atoms with Gasteiger partial charge in [0.2, 0.25) is 0 Å². The van der Waals surface area contributed by atoms with Crippen molar-refractivity contribution in [1.82, 2.24) is 0 Å². The number of anilines is 2. The molecule has 0 amide bonds. The molecule has 2 rings (SSSR count). The first-order chi connectivity index (χ1) is 8.72. The van der Waals surface area contributed by atoms with Gasteiger partial charge in [-0.2, -0.15) is 0 Å². The summed E-state index contributed by atoms with van der Waals surface area (Å²) in [7, 11) is 1.67. The molecule has 0 bridgehead atoms. The fraction of sp³-hybridized carbons (Fsp3) is 0.200. The van der Waals surface area contributed by atoms with E-state index in [0.29, 0.717) is 6.54 Å². The first-order valence-electron chi connectivity index (χ1n) is 5.93. The molecule has 0 spiro atoms. The van der Waals surface area contributed by atoms with Gasteiger partial charge in [-0.05, 0) is 48.4 Å². The van der Waals surface area contributed by atoms with E-state index in [2.05, 4.69) is 18.3 Å². The van der Waals surface area contributed by atoms with Gasteiger partial charge in [-0.1, -0.05) is 12.1 Å². The minimum absolute atomic E-state index is 0. The molecule has 3 nitrogen and oxygen atoms in total. The van der Waals surface area contributed by atoms with Crippen LogP contribution in [0.25, 0.3) is 0 Å². The van der Waals surface area contributed by atoms with Crippen LogP contribution in [-0.2, 0) is 6.54 Å². The van der Waals surface area contributed by atoms with E-state index in [1.54, 1.807) is 7.11 Å². The molecule has 0 saturated heterocycles. The molecular formula is C15H19ClN2O. The Morgan fingerprint density at radius 2 is 1.95 bits per heavy atom. The number of hydrogen-bond acceptors (Lipinski definition) is 3. The molecule has 2 aromatic rings. The number of nitrogens with two attached hydrogens (primary N) is 1. The predicted molar refractivity (Wildman–Crippen MR) is 82.6 cm³/mol. The molecule has 0 heterocycles. The molecular weight excluding hydrogens is 260 g/mol. The van der Waals surface area contributed by atoms with Gasteiger partial charge in [-0.25, -0.2) is 0 Å². The van der Waals surface area contributed by atoms with E-state index in [1.165, 1.54) is 0 Å². The largest absolute Gasteiger partial charge is 0.497 e. The summed E-state index contributed by atoms with van der Waals surface area (Å²) in [5, 5.41) is 3.39. The van der Waals surface area contributed by atoms with Crippen molar-refractivity contribution in [2.24, 2.45) is 5.73 Å². The monoisotopic (exact) mass is 278 g/mol. The lowest BCUT2D eigenvalue weighted by molar-refractivity contribution is 0.414. The van der Waals surface area contributed by atoms with Crippen molar-refractivity contribution in [3.63, 3.8) is 0 Å². The molecule has 3 N–H and O–H groups in total. The fourth-order valence-corrected chi connectivity index (χ4v) is 1.83. The summed E-state index contributed by atoms with van der Waals surface area (Å²) in [6, 6.07) is 14.1. The highest BCUT2D eigenvalue weighted by molar-refractivity contribution is 5.85. The number of hydrogen-bond donors (Lipinski definition) is 2. The van der Waals surface area contributed by atoms with Crippen molar-refractivity contribution in [2.75, 3.05) is 12.4 Å². The van der Waals surface area contributed by atoms with Gasteiger partial charge in [-0.15, -0.1) is 12.4 Å². The summed E-state index contributed by atoms with van der Waals surface area (Å²) in [4.78, 5) is 0. The van der Waals surface area contributed by atoms with Crippen LogP contribution in [0.5, 0.6) is 5.75 Å². The Labute approximate surface area is 120 Å². The van der Waals surface area contributed by atoms with Gasteiger partial charge in [0, 0.05) is 17.9 Å². The van der Waals surface area contributed by atoms with Crippen molar-refractivity contribution < 1.29 is 4.74 Å². The van der Waals surface area contributed by atoms with Crippen LogP contribution in [0.3, 0.4) is 0 Å². The summed E-state index contributed by atoms with van der Waals surface area (Å²) in [6.07, 6.45) is 0. The molecule has 0 unspecified atom stereocenters. The molecule has 0 aromatic heterocycles. The number of methoxy groups -OCH3 is 1. The van der Waals surface area contributed by atoms with E-state index in [-0.39, 0.29) is 12.4 Å². The summed E-state index contributed by atoms with van der Waals surface area (Å²) >= 11 is 0. The standard InChI is InChI=1S/C15H18N2O.ClH/c1-11-8-14(18-2)6-7-15(11)17-13-5-3-4-12(9-13)10-16;/h3-9,17H,10,16H2,1-2H3;1H. The average Bonchev–Trinajstić information content (AvgIpc) is 2.41. The zero-order chi connectivity index (χ0) is 13.0. The number of nitrogens with one attached hydrogen (secondary N) is 1. The number of ether oxygens (including phenoxy) is 1. The maximum absolute atomic E-state index is 5.64. The van der Waals surface area contributed by atoms with Gasteiger partial charge < -0.3 is 15.8 Å². The number of aryl methyl sites for hydroxylation is 1. The predicted octanol–water partition coefficient (Wildman–Crippen LogP) is 3.63. The minimum atomic E-state index is 0. The van der Waals surface area contributed by atoms with Crippen molar-refractivity contribution >= 4 is 23.8 Å². The average molecular weight is 279 g/mol. The molecule has 4 heteroatoms. The normalized spacial score (nSPS) is 9.63. The van der Waals surface area contributed by atoms with Crippen LogP contribution in [0, 0.1) is 6.92 Å². The Morgan fingerprint density at radius 3 is 2.58 bits per heavy atom. The zero-order valence-electron chi connectivity index (χ0n) is 11.1. The summed E-state index contributed by atoms with van der Waals surface area (Å²) < 4.78 is 5.19. The highest BCUT2D eigenvalue weighted by atomic mass is 35.5. The van der Waals surface area contributed by atoms with Crippen molar-refractivity contribution in [3.05, 3.63) is 53.6 Å². The summed E-state index contributed by atoms with van der Waals surface area (Å²) in [6.45, 7) is 2.61.